The molecule has 2 heterocycles. The second-order valence-corrected chi connectivity index (χ2v) is 11.7. The van der Waals surface area contributed by atoms with Crippen LogP contribution in [0.1, 0.15) is 93.9 Å². The number of carbonyl (C=O) groups excluding carboxylic acids is 2. The Hall–Kier alpha value is -2.32. The first-order chi connectivity index (χ1) is 17.1. The van der Waals surface area contributed by atoms with E-state index in [1.54, 1.807) is 7.11 Å². The number of esters is 1. The van der Waals surface area contributed by atoms with Crippen LogP contribution in [0.4, 0.5) is 9.80 Å². The normalized spacial score (nSPS) is 16.7. The summed E-state index contributed by atoms with van der Waals surface area (Å²) in [5.41, 5.74) is 4.68. The molecule has 8 heteroatoms. The molecular formula is C28H43N3O4S. The van der Waals surface area contributed by atoms with Gasteiger partial charge < -0.3 is 20.1 Å². The topological polar surface area (TPSA) is 88.7 Å². The summed E-state index contributed by atoms with van der Waals surface area (Å²) in [6.07, 6.45) is 8.16. The first kappa shape index (κ1) is 28.3. The number of hydrogen-bond donors (Lipinski definition) is 3. The molecule has 0 fully saturated rings. The van der Waals surface area contributed by atoms with Crippen molar-refractivity contribution in [3.8, 4) is 0 Å². The quantitative estimate of drug-likeness (QED) is 0.272. The molecule has 0 unspecified atom stereocenters. The summed E-state index contributed by atoms with van der Waals surface area (Å²) in [4.78, 5) is 27.3. The van der Waals surface area contributed by atoms with Gasteiger partial charge in [-0.15, -0.1) is 11.3 Å². The van der Waals surface area contributed by atoms with Crippen molar-refractivity contribution in [2.24, 2.45) is 0 Å². The number of amides is 2. The molecule has 200 valence electrons. The lowest BCUT2D eigenvalue weighted by Crippen LogP contribution is -2.33. The number of ether oxygens (including phenoxy) is 2. The Labute approximate surface area is 220 Å². The molecule has 1 aromatic heterocycles. The van der Waals surface area contributed by atoms with Gasteiger partial charge in [-0.1, -0.05) is 18.9 Å². The first-order valence-corrected chi connectivity index (χ1v) is 14.0. The summed E-state index contributed by atoms with van der Waals surface area (Å²) in [5, 5.41) is 10.1. The van der Waals surface area contributed by atoms with Crippen LogP contribution in [0.15, 0.2) is 22.5 Å². The standard InChI is InChI=1S/C28H43N3O4S/c1-7-8-11-19-16-29-15-14-20(19)22(18(2)34-6)17-30-27(33)31-25-24(26(32)35-28(3,4)5)21-12-9-10-13-23(21)36-25/h29H,7-17H2,1-6H3,(H2,30,31,33)/b22-18+. The number of allylic oxidation sites excluding steroid dienone is 1. The summed E-state index contributed by atoms with van der Waals surface area (Å²) < 4.78 is 11.3. The molecular weight excluding hydrogens is 474 g/mol. The van der Waals surface area contributed by atoms with Crippen LogP contribution in [0, 0.1) is 0 Å². The van der Waals surface area contributed by atoms with E-state index >= 15 is 0 Å². The molecule has 0 radical (unpaired) electrons. The van der Waals surface area contributed by atoms with E-state index in [9.17, 15) is 9.59 Å². The predicted octanol–water partition coefficient (Wildman–Crippen LogP) is 6.10. The number of aryl methyl sites for hydroxylation is 1. The molecule has 7 nitrogen and oxygen atoms in total. The smallest absolute Gasteiger partial charge is 0.341 e. The maximum absolute atomic E-state index is 13.1. The van der Waals surface area contributed by atoms with Crippen LogP contribution in [0.5, 0.6) is 0 Å². The van der Waals surface area contributed by atoms with E-state index in [2.05, 4.69) is 22.9 Å². The Balaban J connectivity index is 1.79. The zero-order chi connectivity index (χ0) is 26.3. The van der Waals surface area contributed by atoms with Crippen LogP contribution in [0.3, 0.4) is 0 Å². The molecule has 0 bridgehead atoms. The number of thiophene rings is 1. The lowest BCUT2D eigenvalue weighted by molar-refractivity contribution is 0.00699. The third-order valence-electron chi connectivity index (χ3n) is 6.67. The first-order valence-electron chi connectivity index (χ1n) is 13.2. The number of fused-ring (bicyclic) bond motifs is 1. The SMILES string of the molecule is CCCCC1=C(/C(CNC(=O)Nc2sc3c(c2C(=O)OC(C)(C)C)CCCC3)=C(\C)OC)CCNC1. The molecule has 0 spiro atoms. The van der Waals surface area contributed by atoms with Gasteiger partial charge in [-0.05, 0) is 90.3 Å². The molecule has 3 rings (SSSR count). The Bertz CT molecular complexity index is 1020. The molecule has 0 saturated heterocycles. The molecule has 0 aromatic carbocycles. The van der Waals surface area contributed by atoms with Crippen molar-refractivity contribution in [3.63, 3.8) is 0 Å². The number of unbranched alkanes of at least 4 members (excludes halogenated alkanes) is 1. The Kier molecular flexibility index (Phi) is 10.0. The lowest BCUT2D eigenvalue weighted by Gasteiger charge is -2.25. The van der Waals surface area contributed by atoms with Gasteiger partial charge in [0, 0.05) is 23.5 Å². The minimum Gasteiger partial charge on any atom is -0.501 e. The number of hydrogen-bond acceptors (Lipinski definition) is 6. The number of rotatable bonds is 9. The zero-order valence-electron chi connectivity index (χ0n) is 22.8. The molecule has 2 amide bonds. The second-order valence-electron chi connectivity index (χ2n) is 10.6. The average molecular weight is 518 g/mol. The Morgan fingerprint density at radius 3 is 2.58 bits per heavy atom. The van der Waals surface area contributed by atoms with Crippen LogP contribution in [-0.2, 0) is 22.3 Å². The minimum absolute atomic E-state index is 0.329. The van der Waals surface area contributed by atoms with Crippen molar-refractivity contribution in [2.75, 3.05) is 32.1 Å². The second kappa shape index (κ2) is 12.8. The van der Waals surface area contributed by atoms with Gasteiger partial charge in [0.25, 0.3) is 0 Å². The minimum atomic E-state index is -0.602. The fraction of sp³-hybridized carbons (Fsp3) is 0.643. The highest BCUT2D eigenvalue weighted by molar-refractivity contribution is 7.17. The molecule has 1 aliphatic heterocycles. The molecule has 1 aliphatic carbocycles. The molecule has 36 heavy (non-hydrogen) atoms. The monoisotopic (exact) mass is 517 g/mol. The van der Waals surface area contributed by atoms with Gasteiger partial charge in [-0.3, -0.25) is 5.32 Å². The third-order valence-corrected chi connectivity index (χ3v) is 7.88. The molecule has 0 atom stereocenters. The van der Waals surface area contributed by atoms with E-state index < -0.39 is 5.60 Å². The number of nitrogens with one attached hydrogen (secondary N) is 3. The summed E-state index contributed by atoms with van der Waals surface area (Å²) >= 11 is 1.50. The summed E-state index contributed by atoms with van der Waals surface area (Å²) in [6, 6.07) is -0.329. The fourth-order valence-electron chi connectivity index (χ4n) is 4.81. The molecule has 2 aliphatic rings. The van der Waals surface area contributed by atoms with Crippen molar-refractivity contribution in [2.45, 2.75) is 91.6 Å². The Morgan fingerprint density at radius 1 is 1.14 bits per heavy atom. The van der Waals surface area contributed by atoms with E-state index in [-0.39, 0.29) is 12.0 Å². The predicted molar refractivity (Wildman–Crippen MR) is 147 cm³/mol. The van der Waals surface area contributed by atoms with Gasteiger partial charge in [0.2, 0.25) is 0 Å². The molecule has 1 aromatic rings. The van der Waals surface area contributed by atoms with Crippen LogP contribution < -0.4 is 16.0 Å². The van der Waals surface area contributed by atoms with Crippen molar-refractivity contribution >= 4 is 28.3 Å². The van der Waals surface area contributed by atoms with Gasteiger partial charge in [0.15, 0.2) is 0 Å². The molecule has 0 saturated carbocycles. The fourth-order valence-corrected chi connectivity index (χ4v) is 6.08. The average Bonchev–Trinajstić information content (AvgIpc) is 3.20. The number of carbonyl (C=O) groups is 2. The van der Waals surface area contributed by atoms with Crippen molar-refractivity contribution < 1.29 is 19.1 Å². The van der Waals surface area contributed by atoms with E-state index in [1.807, 2.05) is 27.7 Å². The maximum atomic E-state index is 13.1. The van der Waals surface area contributed by atoms with Crippen LogP contribution in [0.2, 0.25) is 0 Å². The lowest BCUT2D eigenvalue weighted by atomic mass is 9.90. The van der Waals surface area contributed by atoms with Gasteiger partial charge in [0.1, 0.15) is 10.6 Å². The van der Waals surface area contributed by atoms with E-state index in [0.717, 1.165) is 81.4 Å². The van der Waals surface area contributed by atoms with Gasteiger partial charge in [-0.2, -0.15) is 0 Å². The Morgan fingerprint density at radius 2 is 1.89 bits per heavy atom. The number of methoxy groups -OCH3 is 1. The van der Waals surface area contributed by atoms with E-state index in [1.165, 1.54) is 27.4 Å². The maximum Gasteiger partial charge on any atom is 0.341 e. The van der Waals surface area contributed by atoms with Crippen molar-refractivity contribution in [3.05, 3.63) is 38.5 Å². The zero-order valence-corrected chi connectivity index (χ0v) is 23.6. The van der Waals surface area contributed by atoms with Crippen molar-refractivity contribution in [1.82, 2.24) is 10.6 Å². The summed E-state index contributed by atoms with van der Waals surface area (Å²) in [6.45, 7) is 11.9. The van der Waals surface area contributed by atoms with Crippen LogP contribution >= 0.6 is 11.3 Å². The molecule has 3 N–H and O–H groups in total. The number of urea groups is 1. The highest BCUT2D eigenvalue weighted by Crippen LogP contribution is 2.39. The van der Waals surface area contributed by atoms with Crippen LogP contribution in [0.25, 0.3) is 0 Å². The van der Waals surface area contributed by atoms with Gasteiger partial charge >= 0.3 is 12.0 Å². The summed E-state index contributed by atoms with van der Waals surface area (Å²) in [5.74, 6) is 0.454. The van der Waals surface area contributed by atoms with E-state index in [4.69, 9.17) is 9.47 Å². The number of anilines is 1. The van der Waals surface area contributed by atoms with E-state index in [0.29, 0.717) is 17.1 Å². The van der Waals surface area contributed by atoms with Gasteiger partial charge in [-0.25, -0.2) is 9.59 Å². The highest BCUT2D eigenvalue weighted by atomic mass is 32.1. The third kappa shape index (κ3) is 7.35. The van der Waals surface area contributed by atoms with Crippen LogP contribution in [-0.4, -0.2) is 44.3 Å². The van der Waals surface area contributed by atoms with Crippen molar-refractivity contribution in [1.29, 1.82) is 0 Å². The largest absolute Gasteiger partial charge is 0.501 e. The van der Waals surface area contributed by atoms with Gasteiger partial charge in [0.05, 0.1) is 18.4 Å². The summed E-state index contributed by atoms with van der Waals surface area (Å²) in [7, 11) is 1.67. The highest BCUT2D eigenvalue weighted by Gasteiger charge is 2.30.